The number of ether oxygens (including phenoxy) is 1. The fraction of sp³-hybridized carbons (Fsp3) is 0.190. The van der Waals surface area contributed by atoms with Gasteiger partial charge in [0.05, 0.1) is 11.3 Å². The number of carbonyl (C=O) groups excluding carboxylic acids is 2. The molecule has 0 aliphatic carbocycles. The van der Waals surface area contributed by atoms with Gasteiger partial charge in [0.1, 0.15) is 5.76 Å². The topological polar surface area (TPSA) is 69.4 Å². The zero-order valence-corrected chi connectivity index (χ0v) is 17.8. The Kier molecular flexibility index (Phi) is 6.70. The molecule has 0 spiro atoms. The summed E-state index contributed by atoms with van der Waals surface area (Å²) in [6, 6.07) is 14.1. The number of Topliss-reactive ketones (excluding diaryl/α,β-unsaturated/α-hetero) is 1. The van der Waals surface area contributed by atoms with E-state index in [9.17, 15) is 9.59 Å². The first-order valence-electron chi connectivity index (χ1n) is 8.55. The summed E-state index contributed by atoms with van der Waals surface area (Å²) in [5.41, 5.74) is 2.78. The highest BCUT2D eigenvalue weighted by Gasteiger charge is 2.17. The number of esters is 1. The van der Waals surface area contributed by atoms with E-state index in [1.807, 2.05) is 26.0 Å². The van der Waals surface area contributed by atoms with Crippen molar-refractivity contribution in [1.29, 1.82) is 0 Å². The molecule has 0 fully saturated rings. The molecule has 0 amide bonds. The van der Waals surface area contributed by atoms with Gasteiger partial charge in [-0.05, 0) is 38.1 Å². The van der Waals surface area contributed by atoms with Gasteiger partial charge in [0, 0.05) is 26.2 Å². The summed E-state index contributed by atoms with van der Waals surface area (Å²) in [7, 11) is 0. The highest BCUT2D eigenvalue weighted by Crippen LogP contribution is 2.29. The number of thioether (sulfide) groups is 1. The third kappa shape index (κ3) is 4.91. The molecule has 2 aromatic carbocycles. The normalized spacial score (nSPS) is 10.7. The lowest BCUT2D eigenvalue weighted by molar-refractivity contribution is 0.0471. The van der Waals surface area contributed by atoms with E-state index < -0.39 is 5.97 Å². The molecule has 1 aromatic heterocycles. The van der Waals surface area contributed by atoms with Crippen LogP contribution in [-0.4, -0.2) is 23.5 Å². The molecule has 3 rings (SSSR count). The minimum atomic E-state index is -0.521. The third-order valence-corrected chi connectivity index (χ3v) is 5.79. The largest absolute Gasteiger partial charge is 0.454 e. The number of nitrogens with zero attached hydrogens (tertiary/aromatic N) is 1. The average Bonchev–Trinajstić information content (AvgIpc) is 3.02. The summed E-state index contributed by atoms with van der Waals surface area (Å²) < 4.78 is 11.3. The van der Waals surface area contributed by atoms with Crippen LogP contribution in [0.25, 0.3) is 0 Å². The molecule has 0 aliphatic rings. The van der Waals surface area contributed by atoms with Crippen LogP contribution >= 0.6 is 27.7 Å². The third-order valence-electron chi connectivity index (χ3n) is 4.16. The van der Waals surface area contributed by atoms with Gasteiger partial charge in [-0.3, -0.25) is 4.79 Å². The molecule has 0 atom stereocenters. The second-order valence-electron chi connectivity index (χ2n) is 6.09. The van der Waals surface area contributed by atoms with E-state index in [4.69, 9.17) is 9.26 Å². The number of rotatable bonds is 7. The van der Waals surface area contributed by atoms with E-state index in [0.29, 0.717) is 16.9 Å². The molecule has 5 nitrogen and oxygen atoms in total. The minimum absolute atomic E-state index is 0.248. The summed E-state index contributed by atoms with van der Waals surface area (Å²) in [6.07, 6.45) is 0. The Morgan fingerprint density at radius 2 is 1.82 bits per heavy atom. The summed E-state index contributed by atoms with van der Waals surface area (Å²) in [4.78, 5) is 25.5. The molecule has 0 saturated carbocycles. The van der Waals surface area contributed by atoms with Gasteiger partial charge in [0.25, 0.3) is 0 Å². The molecular formula is C21H18BrNO4S. The van der Waals surface area contributed by atoms with Gasteiger partial charge in [-0.15, -0.1) is 11.8 Å². The molecule has 1 heterocycles. The number of hydrogen-bond donors (Lipinski definition) is 0. The van der Waals surface area contributed by atoms with Crippen LogP contribution in [0.4, 0.5) is 0 Å². The van der Waals surface area contributed by atoms with Crippen molar-refractivity contribution in [3.05, 3.63) is 81.1 Å². The van der Waals surface area contributed by atoms with Crippen LogP contribution in [-0.2, 0) is 10.5 Å². The smallest absolute Gasteiger partial charge is 0.339 e. The van der Waals surface area contributed by atoms with Crippen molar-refractivity contribution in [2.45, 2.75) is 24.5 Å². The Labute approximate surface area is 175 Å². The van der Waals surface area contributed by atoms with Gasteiger partial charge in [-0.1, -0.05) is 45.4 Å². The summed E-state index contributed by atoms with van der Waals surface area (Å²) >= 11 is 4.83. The molecule has 3 aromatic rings. The number of benzene rings is 2. The van der Waals surface area contributed by atoms with Crippen molar-refractivity contribution in [2.75, 3.05) is 6.61 Å². The van der Waals surface area contributed by atoms with Gasteiger partial charge in [0.15, 0.2) is 12.4 Å². The van der Waals surface area contributed by atoms with Crippen LogP contribution < -0.4 is 0 Å². The predicted octanol–water partition coefficient (Wildman–Crippen LogP) is 5.39. The number of carbonyl (C=O) groups is 2. The van der Waals surface area contributed by atoms with E-state index in [-0.39, 0.29) is 12.4 Å². The van der Waals surface area contributed by atoms with Gasteiger partial charge in [-0.25, -0.2) is 4.79 Å². The van der Waals surface area contributed by atoms with Crippen molar-refractivity contribution in [3.63, 3.8) is 0 Å². The van der Waals surface area contributed by atoms with Crippen molar-refractivity contribution >= 4 is 39.4 Å². The van der Waals surface area contributed by atoms with Crippen LogP contribution in [0.1, 0.15) is 37.7 Å². The van der Waals surface area contributed by atoms with E-state index >= 15 is 0 Å². The standard InChI is InChI=1S/C21H18BrNO4S/c1-13-18(14(2)27-23-13)12-28-20-6-4-3-5-17(20)21(25)26-11-19(24)15-7-9-16(22)10-8-15/h3-10H,11-12H2,1-2H3. The van der Waals surface area contributed by atoms with Crippen LogP contribution in [0.3, 0.4) is 0 Å². The summed E-state index contributed by atoms with van der Waals surface area (Å²) in [6.45, 7) is 3.45. The van der Waals surface area contributed by atoms with E-state index in [0.717, 1.165) is 26.4 Å². The number of halogens is 1. The molecule has 7 heteroatoms. The van der Waals surface area contributed by atoms with Crippen molar-refractivity contribution in [2.24, 2.45) is 0 Å². The number of hydrogen-bond acceptors (Lipinski definition) is 6. The second kappa shape index (κ2) is 9.21. The SMILES string of the molecule is Cc1noc(C)c1CSc1ccccc1C(=O)OCC(=O)c1ccc(Br)cc1. The molecule has 28 heavy (non-hydrogen) atoms. The number of aromatic nitrogens is 1. The van der Waals surface area contributed by atoms with Gasteiger partial charge in [0.2, 0.25) is 0 Å². The fourth-order valence-corrected chi connectivity index (χ4v) is 4.00. The maximum atomic E-state index is 12.5. The Hall–Kier alpha value is -2.38. The maximum absolute atomic E-state index is 12.5. The van der Waals surface area contributed by atoms with Crippen LogP contribution in [0.2, 0.25) is 0 Å². The van der Waals surface area contributed by atoms with Gasteiger partial charge < -0.3 is 9.26 Å². The fourth-order valence-electron chi connectivity index (χ4n) is 2.55. The van der Waals surface area contributed by atoms with Crippen LogP contribution in [0, 0.1) is 13.8 Å². The minimum Gasteiger partial charge on any atom is -0.454 e. The number of aryl methyl sites for hydroxylation is 2. The van der Waals surface area contributed by atoms with Crippen LogP contribution in [0.15, 0.2) is 62.4 Å². The Morgan fingerprint density at radius 3 is 2.50 bits per heavy atom. The first kappa shape index (κ1) is 20.4. The number of ketones is 1. The maximum Gasteiger partial charge on any atom is 0.339 e. The van der Waals surface area contributed by atoms with Crippen molar-refractivity contribution in [1.82, 2.24) is 5.16 Å². The van der Waals surface area contributed by atoms with Crippen molar-refractivity contribution in [3.8, 4) is 0 Å². The summed E-state index contributed by atoms with van der Waals surface area (Å²) in [5, 5.41) is 3.95. The molecule has 0 bridgehead atoms. The Morgan fingerprint density at radius 1 is 1.11 bits per heavy atom. The molecule has 0 saturated heterocycles. The van der Waals surface area contributed by atoms with Crippen LogP contribution in [0.5, 0.6) is 0 Å². The zero-order chi connectivity index (χ0) is 20.1. The molecule has 0 radical (unpaired) electrons. The Bertz CT molecular complexity index is 978. The molecule has 0 aliphatic heterocycles. The molecule has 144 valence electrons. The first-order chi connectivity index (χ1) is 13.5. The Balaban J connectivity index is 1.65. The molecule has 0 unspecified atom stereocenters. The average molecular weight is 460 g/mol. The zero-order valence-electron chi connectivity index (χ0n) is 15.4. The van der Waals surface area contributed by atoms with Crippen molar-refractivity contribution < 1.29 is 18.8 Å². The van der Waals surface area contributed by atoms with E-state index in [2.05, 4.69) is 21.1 Å². The lowest BCUT2D eigenvalue weighted by Crippen LogP contribution is -2.14. The highest BCUT2D eigenvalue weighted by molar-refractivity contribution is 9.10. The highest BCUT2D eigenvalue weighted by atomic mass is 79.9. The van der Waals surface area contributed by atoms with E-state index in [1.54, 1.807) is 36.4 Å². The monoisotopic (exact) mass is 459 g/mol. The molecular weight excluding hydrogens is 442 g/mol. The second-order valence-corrected chi connectivity index (χ2v) is 8.03. The first-order valence-corrected chi connectivity index (χ1v) is 10.3. The lowest BCUT2D eigenvalue weighted by Gasteiger charge is -2.09. The summed E-state index contributed by atoms with van der Waals surface area (Å²) in [5.74, 6) is 0.627. The van der Waals surface area contributed by atoms with E-state index in [1.165, 1.54) is 11.8 Å². The quantitative estimate of drug-likeness (QED) is 0.268. The predicted molar refractivity (Wildman–Crippen MR) is 111 cm³/mol. The van der Waals surface area contributed by atoms with Gasteiger partial charge in [-0.2, -0.15) is 0 Å². The molecule has 0 N–H and O–H groups in total. The van der Waals surface area contributed by atoms with Gasteiger partial charge >= 0.3 is 5.97 Å². The lowest BCUT2D eigenvalue weighted by atomic mass is 10.1.